The fraction of sp³-hybridized carbons (Fsp3) is 0.545. The first-order chi connectivity index (χ1) is 11.2. The molecule has 1 atom stereocenters. The Balaban J connectivity index is 2.32. The Kier molecular flexibility index (Phi) is 7.62. The van der Waals surface area contributed by atoms with Crippen LogP contribution in [0.3, 0.4) is 0 Å². The van der Waals surface area contributed by atoms with Crippen molar-refractivity contribution in [2.45, 2.75) is 71.1 Å². The Bertz CT molecular complexity index is 553. The summed E-state index contributed by atoms with van der Waals surface area (Å²) in [6, 6.07) is 4.89. The Labute approximate surface area is 151 Å². The van der Waals surface area contributed by atoms with Gasteiger partial charge in [0.2, 0.25) is 0 Å². The summed E-state index contributed by atoms with van der Waals surface area (Å²) in [5.41, 5.74) is 7.63. The summed E-state index contributed by atoms with van der Waals surface area (Å²) in [5.74, 6) is 0.593. The molecule has 0 heterocycles. The molecular weight excluding hydrogens is 344 g/mol. The zero-order valence-corrected chi connectivity index (χ0v) is 16.4. The Hall–Kier alpha value is -0.820. The Morgan fingerprint density at radius 2 is 2.13 bits per heavy atom. The number of alkyl halides is 1. The van der Waals surface area contributed by atoms with E-state index in [1.54, 1.807) is 11.1 Å². The van der Waals surface area contributed by atoms with Crippen LogP contribution in [0.4, 0.5) is 0 Å². The van der Waals surface area contributed by atoms with Gasteiger partial charge in [-0.25, -0.2) is 0 Å². The molecule has 1 aliphatic carbocycles. The van der Waals surface area contributed by atoms with Gasteiger partial charge in [-0.1, -0.05) is 65.6 Å². The fourth-order valence-electron chi connectivity index (χ4n) is 3.87. The molecule has 0 nitrogen and oxygen atoms in total. The molecule has 0 bridgehead atoms. The highest BCUT2D eigenvalue weighted by molar-refractivity contribution is 9.09. The van der Waals surface area contributed by atoms with Crippen LogP contribution in [0.2, 0.25) is 0 Å². The molecule has 0 aliphatic heterocycles. The molecule has 1 heteroatoms. The summed E-state index contributed by atoms with van der Waals surface area (Å²) < 4.78 is 0. The molecule has 1 aliphatic rings. The van der Waals surface area contributed by atoms with Crippen LogP contribution in [0.1, 0.15) is 73.6 Å². The quantitative estimate of drug-likeness (QED) is 0.260. The molecule has 0 N–H and O–H groups in total. The maximum absolute atomic E-state index is 3.99. The van der Waals surface area contributed by atoms with E-state index in [2.05, 4.69) is 60.6 Å². The summed E-state index contributed by atoms with van der Waals surface area (Å²) >= 11 is 3.64. The number of rotatable bonds is 8. The van der Waals surface area contributed by atoms with Crippen molar-refractivity contribution in [2.75, 3.05) is 5.33 Å². The van der Waals surface area contributed by atoms with Gasteiger partial charge in [0.1, 0.15) is 0 Å². The normalized spacial score (nSPS) is 17.9. The van der Waals surface area contributed by atoms with Crippen LogP contribution in [0.25, 0.3) is 0 Å². The zero-order chi connectivity index (χ0) is 16.7. The minimum atomic E-state index is 0.593. The maximum atomic E-state index is 3.99. The lowest BCUT2D eigenvalue weighted by Crippen LogP contribution is -2.09. The van der Waals surface area contributed by atoms with E-state index >= 15 is 0 Å². The van der Waals surface area contributed by atoms with E-state index in [0.717, 1.165) is 11.8 Å². The molecule has 0 spiro atoms. The SMILES string of the molecule is C=CCc1cc(CCCCC)cc(C)c1C1C=C(CBr)CCC1. The third-order valence-corrected chi connectivity index (χ3v) is 5.68. The second-order valence-corrected chi connectivity index (χ2v) is 7.45. The monoisotopic (exact) mass is 374 g/mol. The van der Waals surface area contributed by atoms with Crippen LogP contribution < -0.4 is 0 Å². The molecule has 23 heavy (non-hydrogen) atoms. The van der Waals surface area contributed by atoms with Crippen molar-refractivity contribution >= 4 is 15.9 Å². The molecule has 1 unspecified atom stereocenters. The van der Waals surface area contributed by atoms with Crippen molar-refractivity contribution in [3.8, 4) is 0 Å². The molecule has 0 saturated carbocycles. The number of unbranched alkanes of at least 4 members (excludes halogenated alkanes) is 2. The zero-order valence-electron chi connectivity index (χ0n) is 14.8. The van der Waals surface area contributed by atoms with E-state index in [-0.39, 0.29) is 0 Å². The largest absolute Gasteiger partial charge is 0.103 e. The first kappa shape index (κ1) is 18.5. The van der Waals surface area contributed by atoms with Gasteiger partial charge in [0.05, 0.1) is 0 Å². The predicted molar refractivity (Wildman–Crippen MR) is 107 cm³/mol. The van der Waals surface area contributed by atoms with Gasteiger partial charge in [0.15, 0.2) is 0 Å². The van der Waals surface area contributed by atoms with E-state index < -0.39 is 0 Å². The minimum absolute atomic E-state index is 0.593. The van der Waals surface area contributed by atoms with Crippen LogP contribution in [0.15, 0.2) is 36.4 Å². The second-order valence-electron chi connectivity index (χ2n) is 6.89. The standard InChI is InChI=1S/C22H31Br/c1-4-6-7-10-18-13-17(3)22(20(14-18)9-5-2)21-12-8-11-19(15-21)16-23/h5,13-15,21H,2,4,6-12,16H2,1,3H3. The van der Waals surface area contributed by atoms with Crippen molar-refractivity contribution in [2.24, 2.45) is 0 Å². The highest BCUT2D eigenvalue weighted by Crippen LogP contribution is 2.36. The summed E-state index contributed by atoms with van der Waals surface area (Å²) in [6.45, 7) is 8.56. The van der Waals surface area contributed by atoms with E-state index in [4.69, 9.17) is 0 Å². The molecule has 0 radical (unpaired) electrons. The average molecular weight is 375 g/mol. The highest BCUT2D eigenvalue weighted by Gasteiger charge is 2.20. The van der Waals surface area contributed by atoms with Crippen LogP contribution in [-0.2, 0) is 12.8 Å². The number of benzene rings is 1. The lowest BCUT2D eigenvalue weighted by Gasteiger charge is -2.25. The summed E-state index contributed by atoms with van der Waals surface area (Å²) in [6.07, 6.45) is 14.6. The van der Waals surface area contributed by atoms with Gasteiger partial charge in [-0.3, -0.25) is 0 Å². The summed E-state index contributed by atoms with van der Waals surface area (Å²) in [7, 11) is 0. The van der Waals surface area contributed by atoms with Crippen molar-refractivity contribution in [3.63, 3.8) is 0 Å². The van der Waals surface area contributed by atoms with E-state index in [1.165, 1.54) is 61.6 Å². The molecule has 2 rings (SSSR count). The first-order valence-corrected chi connectivity index (χ1v) is 10.3. The average Bonchev–Trinajstić information content (AvgIpc) is 2.55. The lowest BCUT2D eigenvalue weighted by molar-refractivity contribution is 0.628. The Morgan fingerprint density at radius 3 is 2.83 bits per heavy atom. The smallest absolute Gasteiger partial charge is 0.0242 e. The number of hydrogen-bond acceptors (Lipinski definition) is 0. The molecule has 0 fully saturated rings. The Morgan fingerprint density at radius 1 is 1.30 bits per heavy atom. The van der Waals surface area contributed by atoms with Crippen LogP contribution in [0.5, 0.6) is 0 Å². The number of allylic oxidation sites excluding steroid dienone is 3. The van der Waals surface area contributed by atoms with E-state index in [1.807, 2.05) is 0 Å². The van der Waals surface area contributed by atoms with Gasteiger partial charge in [-0.15, -0.1) is 6.58 Å². The fourth-order valence-corrected chi connectivity index (χ4v) is 4.34. The molecule has 1 aromatic carbocycles. The van der Waals surface area contributed by atoms with Gasteiger partial charge < -0.3 is 0 Å². The van der Waals surface area contributed by atoms with Crippen molar-refractivity contribution in [3.05, 3.63) is 58.7 Å². The van der Waals surface area contributed by atoms with Gasteiger partial charge in [0, 0.05) is 11.2 Å². The number of halogens is 1. The maximum Gasteiger partial charge on any atom is 0.0242 e. The van der Waals surface area contributed by atoms with Crippen LogP contribution in [-0.4, -0.2) is 5.33 Å². The molecule has 1 aromatic rings. The number of hydrogen-bond donors (Lipinski definition) is 0. The van der Waals surface area contributed by atoms with Crippen molar-refractivity contribution < 1.29 is 0 Å². The molecule has 0 aromatic heterocycles. The highest BCUT2D eigenvalue weighted by atomic mass is 79.9. The van der Waals surface area contributed by atoms with Crippen LogP contribution in [0, 0.1) is 6.92 Å². The van der Waals surface area contributed by atoms with Gasteiger partial charge in [0.25, 0.3) is 0 Å². The van der Waals surface area contributed by atoms with E-state index in [0.29, 0.717) is 5.92 Å². The summed E-state index contributed by atoms with van der Waals surface area (Å²) in [4.78, 5) is 0. The predicted octanol–water partition coefficient (Wildman–Crippen LogP) is 7.05. The van der Waals surface area contributed by atoms with Gasteiger partial charge in [-0.05, 0) is 67.7 Å². The lowest BCUT2D eigenvalue weighted by atomic mass is 9.80. The van der Waals surface area contributed by atoms with Crippen molar-refractivity contribution in [1.82, 2.24) is 0 Å². The molecular formula is C22H31Br. The van der Waals surface area contributed by atoms with Crippen molar-refractivity contribution in [1.29, 1.82) is 0 Å². The molecule has 126 valence electrons. The third-order valence-electron chi connectivity index (χ3n) is 4.96. The minimum Gasteiger partial charge on any atom is -0.103 e. The first-order valence-electron chi connectivity index (χ1n) is 9.18. The molecule has 0 amide bonds. The summed E-state index contributed by atoms with van der Waals surface area (Å²) in [5, 5.41) is 1.02. The van der Waals surface area contributed by atoms with E-state index in [9.17, 15) is 0 Å². The number of aryl methyl sites for hydroxylation is 2. The van der Waals surface area contributed by atoms with Crippen LogP contribution >= 0.6 is 15.9 Å². The topological polar surface area (TPSA) is 0 Å². The third kappa shape index (κ3) is 5.08. The second kappa shape index (κ2) is 9.47. The van der Waals surface area contributed by atoms with Gasteiger partial charge in [-0.2, -0.15) is 0 Å². The molecule has 0 saturated heterocycles. The van der Waals surface area contributed by atoms with Gasteiger partial charge >= 0.3 is 0 Å².